The molecular formula is C2H9F3NO2S. The number of hydrogen-bond acceptors (Lipinski definition) is 3. The Bertz CT molecular complexity index is 39.0. The van der Waals surface area contributed by atoms with Crippen LogP contribution in [0.25, 0.3) is 0 Å². The van der Waals surface area contributed by atoms with Gasteiger partial charge in [-0.3, -0.25) is 23.8 Å². The Hall–Kier alpha value is 0.0200. The first-order chi connectivity index (χ1) is 2.81. The van der Waals surface area contributed by atoms with Crippen molar-refractivity contribution in [2.24, 2.45) is 0 Å². The van der Waals surface area contributed by atoms with Crippen molar-refractivity contribution in [1.29, 1.82) is 0 Å². The van der Waals surface area contributed by atoms with E-state index in [0.29, 0.717) is 0 Å². The van der Waals surface area contributed by atoms with Crippen LogP contribution in [-0.4, -0.2) is 18.9 Å². The van der Waals surface area contributed by atoms with Crippen molar-refractivity contribution in [3.8, 4) is 0 Å². The van der Waals surface area contributed by atoms with E-state index in [1.165, 1.54) is 14.2 Å². The Labute approximate surface area is 56.5 Å². The van der Waals surface area contributed by atoms with E-state index < -0.39 is 0 Å². The summed E-state index contributed by atoms with van der Waals surface area (Å²) in [4.78, 5) is 8.65. The van der Waals surface area contributed by atoms with Crippen molar-refractivity contribution in [3.63, 3.8) is 0 Å². The minimum atomic E-state index is 0. The van der Waals surface area contributed by atoms with Crippen LogP contribution < -0.4 is 0 Å². The average molecular weight is 168 g/mol. The van der Waals surface area contributed by atoms with Gasteiger partial charge in [-0.25, -0.2) is 0 Å². The maximum atomic E-state index is 4.33. The molecule has 0 heterocycles. The van der Waals surface area contributed by atoms with Gasteiger partial charge in [0.1, 0.15) is 0 Å². The van der Waals surface area contributed by atoms with Gasteiger partial charge in [0, 0.05) is 4.63 Å². The lowest BCUT2D eigenvalue weighted by Crippen LogP contribution is -2.06. The van der Waals surface area contributed by atoms with Crippen molar-refractivity contribution in [1.82, 2.24) is 4.63 Å². The maximum Gasteiger partial charge on any atom is 0.0709 e. The third-order valence-electron chi connectivity index (χ3n) is 0.298. The summed E-state index contributed by atoms with van der Waals surface area (Å²) in [5, 5.41) is 0. The van der Waals surface area contributed by atoms with Crippen molar-refractivity contribution >= 4 is 12.8 Å². The van der Waals surface area contributed by atoms with E-state index in [-0.39, 0.29) is 14.1 Å². The van der Waals surface area contributed by atoms with Crippen LogP contribution >= 0.6 is 12.8 Å². The van der Waals surface area contributed by atoms with Gasteiger partial charge >= 0.3 is 0 Å². The van der Waals surface area contributed by atoms with Crippen LogP contribution in [0.4, 0.5) is 14.1 Å². The monoisotopic (exact) mass is 168 g/mol. The molecule has 0 rings (SSSR count). The van der Waals surface area contributed by atoms with Gasteiger partial charge in [0.15, 0.2) is 0 Å². The predicted molar refractivity (Wildman–Crippen MR) is 31.0 cm³/mol. The van der Waals surface area contributed by atoms with Gasteiger partial charge in [0.05, 0.1) is 27.0 Å². The molecule has 0 aliphatic heterocycles. The standard InChI is InChI=1S/C2H6NO2S.3FH/c1-4-3(6)5-2;;;/h1-2H3;3*1H. The van der Waals surface area contributed by atoms with E-state index in [0.717, 1.165) is 4.63 Å². The highest BCUT2D eigenvalue weighted by Crippen LogP contribution is 1.87. The van der Waals surface area contributed by atoms with Crippen LogP contribution in [0.5, 0.6) is 0 Å². The molecule has 0 unspecified atom stereocenters. The first-order valence-corrected chi connectivity index (χ1v) is 1.73. The van der Waals surface area contributed by atoms with E-state index in [4.69, 9.17) is 0 Å². The number of nitrogens with zero attached hydrogens (tertiary/aromatic N) is 1. The molecule has 7 heteroatoms. The van der Waals surface area contributed by atoms with Gasteiger partial charge in [0.2, 0.25) is 0 Å². The van der Waals surface area contributed by atoms with Crippen LogP contribution in [0.3, 0.4) is 0 Å². The molecule has 9 heavy (non-hydrogen) atoms. The topological polar surface area (TPSA) is 21.7 Å². The van der Waals surface area contributed by atoms with Gasteiger partial charge in [-0.2, -0.15) is 0 Å². The summed E-state index contributed by atoms with van der Waals surface area (Å²) in [5.41, 5.74) is 0. The van der Waals surface area contributed by atoms with Crippen LogP contribution in [0, 0.1) is 0 Å². The summed E-state index contributed by atoms with van der Waals surface area (Å²) in [6, 6.07) is 0. The molecule has 0 amide bonds. The van der Waals surface area contributed by atoms with Crippen LogP contribution in [-0.2, 0) is 9.68 Å². The third kappa shape index (κ3) is 18.0. The highest BCUT2D eigenvalue weighted by atomic mass is 32.1. The molecule has 0 aromatic rings. The first kappa shape index (κ1) is 23.0. The van der Waals surface area contributed by atoms with Crippen molar-refractivity contribution in [2.45, 2.75) is 0 Å². The molecule has 0 atom stereocenters. The highest BCUT2D eigenvalue weighted by molar-refractivity contribution is 7.77. The van der Waals surface area contributed by atoms with E-state index >= 15 is 0 Å². The molecule has 61 valence electrons. The minimum Gasteiger partial charge on any atom is -0.269 e. The Balaban J connectivity index is -0.0000000417. The third-order valence-corrected chi connectivity index (χ3v) is 0.596. The Morgan fingerprint density at radius 3 is 1.22 bits per heavy atom. The van der Waals surface area contributed by atoms with Crippen LogP contribution in [0.2, 0.25) is 0 Å². The zero-order chi connectivity index (χ0) is 4.99. The van der Waals surface area contributed by atoms with E-state index in [1.54, 1.807) is 0 Å². The normalized spacial score (nSPS) is 6.67. The molecule has 0 bridgehead atoms. The van der Waals surface area contributed by atoms with Gasteiger partial charge in [-0.1, -0.05) is 0 Å². The summed E-state index contributed by atoms with van der Waals surface area (Å²) in [6.07, 6.45) is 0. The SMILES string of the molecule is CON([S])OC.F.F.F. The van der Waals surface area contributed by atoms with Crippen molar-refractivity contribution < 1.29 is 23.8 Å². The molecular weight excluding hydrogens is 159 g/mol. The molecule has 0 aliphatic carbocycles. The van der Waals surface area contributed by atoms with Gasteiger partial charge in [-0.05, 0) is 0 Å². The second-order valence-electron chi connectivity index (χ2n) is 0.589. The molecule has 0 saturated heterocycles. The van der Waals surface area contributed by atoms with Gasteiger partial charge in [0.25, 0.3) is 0 Å². The molecule has 0 spiro atoms. The molecule has 0 aromatic carbocycles. The number of halogens is 3. The Morgan fingerprint density at radius 1 is 1.00 bits per heavy atom. The smallest absolute Gasteiger partial charge is 0.0709 e. The summed E-state index contributed by atoms with van der Waals surface area (Å²) in [7, 11) is 2.85. The summed E-state index contributed by atoms with van der Waals surface area (Å²) in [6.45, 7) is 0. The zero-order valence-corrected chi connectivity index (χ0v) is 5.71. The average Bonchev–Trinajstić information content (AvgIpc) is 1.65. The number of hydrogen-bond donors (Lipinski definition) is 0. The lowest BCUT2D eigenvalue weighted by Gasteiger charge is -2.03. The minimum absolute atomic E-state index is 0. The molecule has 0 N–H and O–H groups in total. The van der Waals surface area contributed by atoms with Gasteiger partial charge < -0.3 is 0 Å². The van der Waals surface area contributed by atoms with E-state index in [1.807, 2.05) is 0 Å². The summed E-state index contributed by atoms with van der Waals surface area (Å²) < 4.78 is 0.833. The van der Waals surface area contributed by atoms with Crippen molar-refractivity contribution in [3.05, 3.63) is 0 Å². The Morgan fingerprint density at radius 2 is 1.22 bits per heavy atom. The van der Waals surface area contributed by atoms with Crippen LogP contribution in [0.15, 0.2) is 0 Å². The predicted octanol–water partition coefficient (Wildman–Crippen LogP) is 0.981. The molecule has 0 fully saturated rings. The number of rotatable bonds is 2. The largest absolute Gasteiger partial charge is 0.269 e. The molecule has 0 aromatic heterocycles. The maximum absolute atomic E-state index is 4.33. The van der Waals surface area contributed by atoms with Crippen molar-refractivity contribution in [2.75, 3.05) is 14.2 Å². The second kappa shape index (κ2) is 15.7. The second-order valence-corrected chi connectivity index (χ2v) is 0.887. The lowest BCUT2D eigenvalue weighted by molar-refractivity contribution is -0.260. The molecule has 0 aliphatic rings. The quantitative estimate of drug-likeness (QED) is 0.574. The summed E-state index contributed by atoms with van der Waals surface area (Å²) >= 11 is 4.33. The lowest BCUT2D eigenvalue weighted by atomic mass is 11.7. The summed E-state index contributed by atoms with van der Waals surface area (Å²) in [5.74, 6) is 0. The fourth-order valence-corrected chi connectivity index (χ4v) is 0.0745. The fraction of sp³-hybridized carbons (Fsp3) is 1.00. The Kier molecular flexibility index (Phi) is 40.1. The molecule has 3 nitrogen and oxygen atoms in total. The molecule has 0 saturated carbocycles. The zero-order valence-electron chi connectivity index (χ0n) is 4.90. The van der Waals surface area contributed by atoms with E-state index in [9.17, 15) is 0 Å². The highest BCUT2D eigenvalue weighted by Gasteiger charge is 1.85. The van der Waals surface area contributed by atoms with Gasteiger partial charge in [-0.15, -0.1) is 0 Å². The van der Waals surface area contributed by atoms with E-state index in [2.05, 4.69) is 22.5 Å². The first-order valence-electron chi connectivity index (χ1n) is 1.36. The van der Waals surface area contributed by atoms with Crippen LogP contribution in [0.1, 0.15) is 0 Å². The molecule has 1 radical (unpaired) electrons. The fourth-order valence-electron chi connectivity index (χ4n) is 0.0745.